The Bertz CT molecular complexity index is 847. The molecule has 1 aromatic carbocycles. The van der Waals surface area contributed by atoms with Crippen LogP contribution in [-0.2, 0) is 6.42 Å². The summed E-state index contributed by atoms with van der Waals surface area (Å²) in [5, 5.41) is 4.84. The largest absolute Gasteiger partial charge is 0.352 e. The molecule has 0 radical (unpaired) electrons. The van der Waals surface area contributed by atoms with Crippen molar-refractivity contribution in [3.8, 4) is 0 Å². The Labute approximate surface area is 129 Å². The summed E-state index contributed by atoms with van der Waals surface area (Å²) in [5.41, 5.74) is 2.23. The fourth-order valence-corrected chi connectivity index (χ4v) is 4.64. The van der Waals surface area contributed by atoms with E-state index < -0.39 is 0 Å². The molecule has 0 saturated carbocycles. The quantitative estimate of drug-likeness (QED) is 0.736. The molecule has 1 amide bonds. The van der Waals surface area contributed by atoms with Crippen LogP contribution >= 0.6 is 22.7 Å². The molecule has 1 aliphatic heterocycles. The molecule has 3 nitrogen and oxygen atoms in total. The lowest BCUT2D eigenvalue weighted by atomic mass is 9.96. The molecule has 1 aliphatic rings. The molecule has 5 heteroatoms. The highest BCUT2D eigenvalue weighted by molar-refractivity contribution is 7.28. The van der Waals surface area contributed by atoms with Crippen molar-refractivity contribution in [2.75, 3.05) is 6.54 Å². The smallest absolute Gasteiger partial charge is 0.251 e. The highest BCUT2D eigenvalue weighted by atomic mass is 32.1. The van der Waals surface area contributed by atoms with E-state index in [2.05, 4.69) is 5.32 Å². The van der Waals surface area contributed by atoms with Crippen molar-refractivity contribution in [1.82, 2.24) is 5.32 Å². The Balaban J connectivity index is 1.75. The van der Waals surface area contributed by atoms with E-state index in [0.717, 1.165) is 26.3 Å². The van der Waals surface area contributed by atoms with Gasteiger partial charge in [0, 0.05) is 27.1 Å². The van der Waals surface area contributed by atoms with Crippen molar-refractivity contribution in [2.24, 2.45) is 0 Å². The second kappa shape index (κ2) is 4.79. The Morgan fingerprint density at radius 1 is 1.14 bits per heavy atom. The van der Waals surface area contributed by atoms with Crippen LogP contribution in [0.2, 0.25) is 0 Å². The average Bonchev–Trinajstić information content (AvgIpc) is 3.08. The van der Waals surface area contributed by atoms with E-state index >= 15 is 0 Å². The van der Waals surface area contributed by atoms with E-state index in [-0.39, 0.29) is 11.7 Å². The fraction of sp³-hybridized carbons (Fsp3) is 0.125. The first-order valence-corrected chi connectivity index (χ1v) is 8.35. The maximum atomic E-state index is 12.6. The summed E-state index contributed by atoms with van der Waals surface area (Å²) in [6.07, 6.45) is 0.824. The maximum absolute atomic E-state index is 12.6. The van der Waals surface area contributed by atoms with Crippen molar-refractivity contribution >= 4 is 43.8 Å². The Morgan fingerprint density at radius 3 is 2.90 bits per heavy atom. The minimum Gasteiger partial charge on any atom is -0.352 e. The number of carbonyl (C=O) groups excluding carboxylic acids is 2. The van der Waals surface area contributed by atoms with Crippen LogP contribution in [0.3, 0.4) is 0 Å². The molecule has 0 unspecified atom stereocenters. The second-order valence-electron chi connectivity index (χ2n) is 4.97. The number of amides is 1. The van der Waals surface area contributed by atoms with Gasteiger partial charge in [0.25, 0.3) is 5.91 Å². The van der Waals surface area contributed by atoms with Gasteiger partial charge in [-0.3, -0.25) is 9.59 Å². The van der Waals surface area contributed by atoms with Crippen LogP contribution < -0.4 is 5.32 Å². The number of carbonyl (C=O) groups is 2. The molecule has 1 N–H and O–H groups in total. The molecule has 104 valence electrons. The lowest BCUT2D eigenvalue weighted by molar-refractivity contribution is 0.0946. The predicted octanol–water partition coefficient (Wildman–Crippen LogP) is 3.48. The molecule has 2 aromatic heterocycles. The summed E-state index contributed by atoms with van der Waals surface area (Å²) in [5.74, 6) is -0.0948. The SMILES string of the molecule is O=C(c1ccc2c(c1)C(=O)NCC2)c1cc2sccc2s1. The summed E-state index contributed by atoms with van der Waals surface area (Å²) in [4.78, 5) is 25.2. The van der Waals surface area contributed by atoms with Gasteiger partial charge in [-0.1, -0.05) is 12.1 Å². The molecule has 0 aliphatic carbocycles. The van der Waals surface area contributed by atoms with Gasteiger partial charge in [0.1, 0.15) is 0 Å². The van der Waals surface area contributed by atoms with Crippen molar-refractivity contribution in [3.05, 3.63) is 57.3 Å². The van der Waals surface area contributed by atoms with Gasteiger partial charge in [0.15, 0.2) is 0 Å². The van der Waals surface area contributed by atoms with Gasteiger partial charge in [-0.15, -0.1) is 22.7 Å². The second-order valence-corrected chi connectivity index (χ2v) is 7.00. The third-order valence-electron chi connectivity index (χ3n) is 3.66. The van der Waals surface area contributed by atoms with Gasteiger partial charge in [-0.05, 0) is 35.6 Å². The maximum Gasteiger partial charge on any atom is 0.251 e. The van der Waals surface area contributed by atoms with Crippen molar-refractivity contribution in [3.63, 3.8) is 0 Å². The summed E-state index contributed by atoms with van der Waals surface area (Å²) < 4.78 is 2.28. The monoisotopic (exact) mass is 313 g/mol. The van der Waals surface area contributed by atoms with Gasteiger partial charge in [0.2, 0.25) is 5.78 Å². The Kier molecular flexibility index (Phi) is 2.90. The lowest BCUT2D eigenvalue weighted by Crippen LogP contribution is -2.32. The summed E-state index contributed by atoms with van der Waals surface area (Å²) >= 11 is 3.14. The molecule has 0 bridgehead atoms. The van der Waals surface area contributed by atoms with Gasteiger partial charge in [0.05, 0.1) is 4.88 Å². The van der Waals surface area contributed by atoms with Crippen molar-refractivity contribution in [1.29, 1.82) is 0 Å². The molecular formula is C16H11NO2S2. The van der Waals surface area contributed by atoms with Crippen LogP contribution in [0.1, 0.15) is 31.2 Å². The standard InChI is InChI=1S/C16H11NO2S2/c18-15(14-8-13-12(21-14)4-6-20-13)10-2-1-9-3-5-17-16(19)11(9)7-10/h1-2,4,6-8H,3,5H2,(H,17,19). The van der Waals surface area contributed by atoms with Crippen LogP contribution in [0.15, 0.2) is 35.7 Å². The van der Waals surface area contributed by atoms with E-state index in [1.165, 1.54) is 11.3 Å². The van der Waals surface area contributed by atoms with E-state index in [1.54, 1.807) is 17.4 Å². The van der Waals surface area contributed by atoms with E-state index in [4.69, 9.17) is 0 Å². The number of hydrogen-bond donors (Lipinski definition) is 1. The minimum atomic E-state index is -0.0851. The predicted molar refractivity (Wildman–Crippen MR) is 85.6 cm³/mol. The number of hydrogen-bond acceptors (Lipinski definition) is 4. The zero-order chi connectivity index (χ0) is 14.4. The molecule has 3 heterocycles. The first-order chi connectivity index (χ1) is 10.2. The minimum absolute atomic E-state index is 0.00965. The zero-order valence-corrected chi connectivity index (χ0v) is 12.6. The van der Waals surface area contributed by atoms with Gasteiger partial charge >= 0.3 is 0 Å². The van der Waals surface area contributed by atoms with E-state index in [0.29, 0.717) is 17.7 Å². The third-order valence-corrected chi connectivity index (χ3v) is 5.75. The first-order valence-electron chi connectivity index (χ1n) is 6.65. The van der Waals surface area contributed by atoms with E-state index in [9.17, 15) is 9.59 Å². The number of ketones is 1. The normalized spacial score (nSPS) is 14.0. The summed E-state index contributed by atoms with van der Waals surface area (Å²) in [7, 11) is 0. The van der Waals surface area contributed by atoms with Crippen molar-refractivity contribution < 1.29 is 9.59 Å². The number of fused-ring (bicyclic) bond motifs is 2. The van der Waals surface area contributed by atoms with E-state index in [1.807, 2.05) is 29.6 Å². The van der Waals surface area contributed by atoms with Crippen LogP contribution in [0.25, 0.3) is 9.40 Å². The van der Waals surface area contributed by atoms with Gasteiger partial charge in [-0.2, -0.15) is 0 Å². The number of benzene rings is 1. The Morgan fingerprint density at radius 2 is 2.05 bits per heavy atom. The number of nitrogens with one attached hydrogen (secondary N) is 1. The van der Waals surface area contributed by atoms with Crippen LogP contribution in [0, 0.1) is 0 Å². The molecule has 21 heavy (non-hydrogen) atoms. The molecule has 4 rings (SSSR count). The fourth-order valence-electron chi connectivity index (χ4n) is 2.57. The number of thiophene rings is 2. The van der Waals surface area contributed by atoms with Gasteiger partial charge in [-0.25, -0.2) is 0 Å². The lowest BCUT2D eigenvalue weighted by Gasteiger charge is -2.16. The van der Waals surface area contributed by atoms with Gasteiger partial charge < -0.3 is 5.32 Å². The van der Waals surface area contributed by atoms with Crippen molar-refractivity contribution in [2.45, 2.75) is 6.42 Å². The molecule has 0 saturated heterocycles. The first kappa shape index (κ1) is 12.7. The molecule has 0 fully saturated rings. The molecule has 3 aromatic rings. The number of rotatable bonds is 2. The highest BCUT2D eigenvalue weighted by Gasteiger charge is 2.20. The summed E-state index contributed by atoms with van der Waals surface area (Å²) in [6, 6.07) is 9.42. The molecule has 0 atom stereocenters. The molecule has 0 spiro atoms. The summed E-state index contributed by atoms with van der Waals surface area (Å²) in [6.45, 7) is 0.667. The topological polar surface area (TPSA) is 46.2 Å². The van der Waals surface area contributed by atoms with Crippen LogP contribution in [-0.4, -0.2) is 18.2 Å². The third kappa shape index (κ3) is 2.09. The molecular weight excluding hydrogens is 302 g/mol. The Hall–Kier alpha value is -1.98. The average molecular weight is 313 g/mol. The zero-order valence-electron chi connectivity index (χ0n) is 11.0. The van der Waals surface area contributed by atoms with Crippen LogP contribution in [0.4, 0.5) is 0 Å². The van der Waals surface area contributed by atoms with Crippen LogP contribution in [0.5, 0.6) is 0 Å². The highest BCUT2D eigenvalue weighted by Crippen LogP contribution is 2.31.